The van der Waals surface area contributed by atoms with Crippen molar-refractivity contribution in [3.63, 3.8) is 0 Å². The average molecular weight is 276 g/mol. The highest BCUT2D eigenvalue weighted by Gasteiger charge is 2.20. The number of benzene rings is 1. The Morgan fingerprint density at radius 1 is 1.30 bits per heavy atom. The Morgan fingerprint density at radius 2 is 2.00 bits per heavy atom. The molecule has 1 aromatic heterocycles. The van der Waals surface area contributed by atoms with E-state index in [1.807, 2.05) is 0 Å². The van der Waals surface area contributed by atoms with Crippen LogP contribution in [0.1, 0.15) is 51.1 Å². The minimum Gasteiger partial charge on any atom is -0.453 e. The second-order valence-corrected chi connectivity index (χ2v) is 6.79. The molecule has 0 saturated carbocycles. The molecule has 0 aliphatic carbocycles. The van der Waals surface area contributed by atoms with Crippen molar-refractivity contribution in [1.29, 1.82) is 0 Å². The SMILES string of the molecule is CC(CC(=O)c1cc2cc(F)ccc2o1)CC(C)(C)C. The highest BCUT2D eigenvalue weighted by atomic mass is 19.1. The summed E-state index contributed by atoms with van der Waals surface area (Å²) in [5, 5.41) is 0.636. The van der Waals surface area contributed by atoms with E-state index in [1.54, 1.807) is 12.1 Å². The van der Waals surface area contributed by atoms with Crippen LogP contribution in [0.3, 0.4) is 0 Å². The molecular formula is C17H21FO2. The molecule has 0 bridgehead atoms. The molecule has 0 radical (unpaired) electrons. The summed E-state index contributed by atoms with van der Waals surface area (Å²) in [6.07, 6.45) is 1.44. The van der Waals surface area contributed by atoms with Gasteiger partial charge in [-0.2, -0.15) is 0 Å². The maximum atomic E-state index is 13.1. The average Bonchev–Trinajstić information content (AvgIpc) is 2.68. The van der Waals surface area contributed by atoms with Gasteiger partial charge in [0.25, 0.3) is 0 Å². The molecule has 0 fully saturated rings. The topological polar surface area (TPSA) is 30.2 Å². The fourth-order valence-electron chi connectivity index (χ4n) is 2.69. The van der Waals surface area contributed by atoms with Crippen molar-refractivity contribution in [2.75, 3.05) is 0 Å². The normalized spacial score (nSPS) is 13.7. The Labute approximate surface area is 119 Å². The first kappa shape index (κ1) is 14.8. The maximum Gasteiger partial charge on any atom is 0.198 e. The minimum absolute atomic E-state index is 0.0154. The van der Waals surface area contributed by atoms with E-state index in [1.165, 1.54) is 12.1 Å². The van der Waals surface area contributed by atoms with Gasteiger partial charge in [0.05, 0.1) is 0 Å². The molecule has 1 aromatic carbocycles. The van der Waals surface area contributed by atoms with Crippen LogP contribution in [-0.2, 0) is 0 Å². The zero-order chi connectivity index (χ0) is 14.9. The molecule has 1 heterocycles. The lowest BCUT2D eigenvalue weighted by Crippen LogP contribution is -2.14. The van der Waals surface area contributed by atoms with Crippen LogP contribution in [-0.4, -0.2) is 5.78 Å². The molecule has 2 aromatic rings. The number of hydrogen-bond acceptors (Lipinski definition) is 2. The molecule has 2 rings (SSSR count). The van der Waals surface area contributed by atoms with E-state index in [0.717, 1.165) is 6.42 Å². The first-order valence-electron chi connectivity index (χ1n) is 6.97. The third-order valence-corrected chi connectivity index (χ3v) is 3.25. The number of rotatable bonds is 4. The van der Waals surface area contributed by atoms with Crippen molar-refractivity contribution < 1.29 is 13.6 Å². The summed E-state index contributed by atoms with van der Waals surface area (Å²) in [4.78, 5) is 12.2. The van der Waals surface area contributed by atoms with Crippen LogP contribution >= 0.6 is 0 Å². The second-order valence-electron chi connectivity index (χ2n) is 6.79. The Kier molecular flexibility index (Phi) is 3.98. The largest absolute Gasteiger partial charge is 0.453 e. The van der Waals surface area contributed by atoms with E-state index < -0.39 is 0 Å². The molecule has 0 aliphatic heterocycles. The number of Topliss-reactive ketones (excluding diaryl/α,β-unsaturated/α-hetero) is 1. The number of halogens is 1. The molecule has 0 amide bonds. The van der Waals surface area contributed by atoms with E-state index in [0.29, 0.717) is 29.1 Å². The van der Waals surface area contributed by atoms with Crippen LogP contribution in [0.15, 0.2) is 28.7 Å². The summed E-state index contributed by atoms with van der Waals surface area (Å²) in [6, 6.07) is 5.90. The van der Waals surface area contributed by atoms with Crippen LogP contribution in [0, 0.1) is 17.2 Å². The van der Waals surface area contributed by atoms with E-state index in [4.69, 9.17) is 4.42 Å². The molecule has 1 unspecified atom stereocenters. The zero-order valence-electron chi connectivity index (χ0n) is 12.5. The van der Waals surface area contributed by atoms with Crippen LogP contribution in [0.5, 0.6) is 0 Å². The fraction of sp³-hybridized carbons (Fsp3) is 0.471. The number of fused-ring (bicyclic) bond motifs is 1. The third kappa shape index (κ3) is 3.69. The first-order valence-corrected chi connectivity index (χ1v) is 6.97. The number of furan rings is 1. The third-order valence-electron chi connectivity index (χ3n) is 3.25. The van der Waals surface area contributed by atoms with Crippen molar-refractivity contribution >= 4 is 16.8 Å². The van der Waals surface area contributed by atoms with Gasteiger partial charge in [0.1, 0.15) is 11.4 Å². The molecule has 1 atom stereocenters. The lowest BCUT2D eigenvalue weighted by Gasteiger charge is -2.22. The van der Waals surface area contributed by atoms with Crippen molar-refractivity contribution in [1.82, 2.24) is 0 Å². The highest BCUT2D eigenvalue weighted by molar-refractivity contribution is 5.97. The van der Waals surface area contributed by atoms with Crippen molar-refractivity contribution in [3.8, 4) is 0 Å². The molecule has 0 aliphatic rings. The quantitative estimate of drug-likeness (QED) is 0.717. The Hall–Kier alpha value is -1.64. The van der Waals surface area contributed by atoms with Gasteiger partial charge in [-0.15, -0.1) is 0 Å². The first-order chi connectivity index (χ1) is 9.24. The van der Waals surface area contributed by atoms with E-state index in [9.17, 15) is 9.18 Å². The number of carbonyl (C=O) groups excluding carboxylic acids is 1. The molecule has 0 spiro atoms. The number of hydrogen-bond donors (Lipinski definition) is 0. The van der Waals surface area contributed by atoms with Crippen LogP contribution < -0.4 is 0 Å². The predicted octanol–water partition coefficient (Wildman–Crippen LogP) is 5.22. The van der Waals surface area contributed by atoms with Gasteiger partial charge in [0.2, 0.25) is 0 Å². The monoisotopic (exact) mass is 276 g/mol. The van der Waals surface area contributed by atoms with Gasteiger partial charge in [-0.05, 0) is 42.0 Å². The smallest absolute Gasteiger partial charge is 0.198 e. The van der Waals surface area contributed by atoms with Crippen LogP contribution in [0.4, 0.5) is 4.39 Å². The predicted molar refractivity (Wildman–Crippen MR) is 78.4 cm³/mol. The van der Waals surface area contributed by atoms with Gasteiger partial charge < -0.3 is 4.42 Å². The van der Waals surface area contributed by atoms with Crippen molar-refractivity contribution in [2.24, 2.45) is 11.3 Å². The highest BCUT2D eigenvalue weighted by Crippen LogP contribution is 2.28. The number of ketones is 1. The van der Waals surface area contributed by atoms with Gasteiger partial charge in [0.15, 0.2) is 11.5 Å². The molecule has 3 heteroatoms. The molecule has 108 valence electrons. The molecule has 0 N–H and O–H groups in total. The summed E-state index contributed by atoms with van der Waals surface area (Å²) in [5.41, 5.74) is 0.759. The fourth-order valence-corrected chi connectivity index (χ4v) is 2.69. The summed E-state index contributed by atoms with van der Waals surface area (Å²) < 4.78 is 18.6. The van der Waals surface area contributed by atoms with E-state index in [2.05, 4.69) is 27.7 Å². The second kappa shape index (κ2) is 5.39. The van der Waals surface area contributed by atoms with Gasteiger partial charge in [-0.25, -0.2) is 4.39 Å². The lowest BCUT2D eigenvalue weighted by atomic mass is 9.83. The van der Waals surface area contributed by atoms with Crippen LogP contribution in [0.25, 0.3) is 11.0 Å². The minimum atomic E-state index is -0.321. The van der Waals surface area contributed by atoms with E-state index >= 15 is 0 Å². The van der Waals surface area contributed by atoms with Gasteiger partial charge in [-0.3, -0.25) is 4.79 Å². The summed E-state index contributed by atoms with van der Waals surface area (Å²) in [5.74, 6) is 0.288. The van der Waals surface area contributed by atoms with Gasteiger partial charge in [-0.1, -0.05) is 27.7 Å². The Morgan fingerprint density at radius 3 is 2.65 bits per heavy atom. The maximum absolute atomic E-state index is 13.1. The lowest BCUT2D eigenvalue weighted by molar-refractivity contribution is 0.0929. The van der Waals surface area contributed by atoms with Crippen LogP contribution in [0.2, 0.25) is 0 Å². The molecular weight excluding hydrogens is 255 g/mol. The van der Waals surface area contributed by atoms with Gasteiger partial charge >= 0.3 is 0 Å². The summed E-state index contributed by atoms with van der Waals surface area (Å²) >= 11 is 0. The summed E-state index contributed by atoms with van der Waals surface area (Å²) in [7, 11) is 0. The molecule has 20 heavy (non-hydrogen) atoms. The Bertz CT molecular complexity index is 619. The Balaban J connectivity index is 2.11. The standard InChI is InChI=1S/C17H21FO2/c1-11(10-17(2,3)4)7-14(19)16-9-12-8-13(18)5-6-15(12)20-16/h5-6,8-9,11H,7,10H2,1-4H3. The molecule has 0 saturated heterocycles. The zero-order valence-corrected chi connectivity index (χ0v) is 12.5. The number of carbonyl (C=O) groups is 1. The van der Waals surface area contributed by atoms with E-state index in [-0.39, 0.29) is 17.0 Å². The molecule has 2 nitrogen and oxygen atoms in total. The summed E-state index contributed by atoms with van der Waals surface area (Å²) in [6.45, 7) is 8.57. The van der Waals surface area contributed by atoms with Crippen molar-refractivity contribution in [2.45, 2.75) is 40.5 Å². The van der Waals surface area contributed by atoms with Crippen molar-refractivity contribution in [3.05, 3.63) is 35.8 Å². The van der Waals surface area contributed by atoms with Gasteiger partial charge in [0, 0.05) is 11.8 Å².